The second-order valence-corrected chi connectivity index (χ2v) is 4.88. The van der Waals surface area contributed by atoms with Gasteiger partial charge in [-0.05, 0) is 36.6 Å². The molecule has 4 heteroatoms. The van der Waals surface area contributed by atoms with Gasteiger partial charge in [-0.1, -0.05) is 6.07 Å². The quantitative estimate of drug-likeness (QED) is 0.877. The number of amides is 1. The number of fused-ring (bicyclic) bond motifs is 1. The van der Waals surface area contributed by atoms with Crippen molar-refractivity contribution in [1.29, 1.82) is 0 Å². The van der Waals surface area contributed by atoms with E-state index in [0.29, 0.717) is 13.0 Å². The van der Waals surface area contributed by atoms with Crippen LogP contribution in [0.5, 0.6) is 5.75 Å². The Morgan fingerprint density at radius 2 is 2.28 bits per heavy atom. The highest BCUT2D eigenvalue weighted by Gasteiger charge is 2.21. The predicted molar refractivity (Wildman–Crippen MR) is 70.4 cm³/mol. The highest BCUT2D eigenvalue weighted by molar-refractivity contribution is 5.77. The van der Waals surface area contributed by atoms with Gasteiger partial charge >= 0.3 is 0 Å². The van der Waals surface area contributed by atoms with E-state index >= 15 is 0 Å². The van der Waals surface area contributed by atoms with E-state index in [4.69, 9.17) is 10.5 Å². The molecule has 1 atom stereocenters. The summed E-state index contributed by atoms with van der Waals surface area (Å²) < 4.78 is 5.22. The first-order valence-electron chi connectivity index (χ1n) is 6.29. The van der Waals surface area contributed by atoms with Crippen molar-refractivity contribution < 1.29 is 9.53 Å². The molecule has 1 heterocycles. The van der Waals surface area contributed by atoms with E-state index in [1.807, 2.05) is 24.0 Å². The summed E-state index contributed by atoms with van der Waals surface area (Å²) in [5.74, 6) is 0.980. The first kappa shape index (κ1) is 12.9. The summed E-state index contributed by atoms with van der Waals surface area (Å²) >= 11 is 0. The number of ether oxygens (including phenoxy) is 1. The lowest BCUT2D eigenvalue weighted by Gasteiger charge is -2.29. The molecule has 0 bridgehead atoms. The maximum Gasteiger partial charge on any atom is 0.224 e. The van der Waals surface area contributed by atoms with Gasteiger partial charge in [-0.2, -0.15) is 0 Å². The Bertz CT molecular complexity index is 443. The van der Waals surface area contributed by atoms with Crippen molar-refractivity contribution in [1.82, 2.24) is 4.90 Å². The summed E-state index contributed by atoms with van der Waals surface area (Å²) in [6.45, 7) is 3.31. The van der Waals surface area contributed by atoms with Gasteiger partial charge in [0.2, 0.25) is 5.91 Å². The smallest absolute Gasteiger partial charge is 0.224 e. The fourth-order valence-electron chi connectivity index (χ4n) is 2.28. The van der Waals surface area contributed by atoms with E-state index in [9.17, 15) is 4.79 Å². The maximum atomic E-state index is 12.0. The lowest BCUT2D eigenvalue weighted by Crippen LogP contribution is -2.38. The van der Waals surface area contributed by atoms with Crippen LogP contribution < -0.4 is 10.5 Å². The zero-order chi connectivity index (χ0) is 13.1. The molecule has 1 aromatic carbocycles. The summed E-state index contributed by atoms with van der Waals surface area (Å²) in [5.41, 5.74) is 8.16. The molecule has 0 aliphatic carbocycles. The van der Waals surface area contributed by atoms with Crippen LogP contribution >= 0.6 is 0 Å². The molecule has 98 valence electrons. The molecule has 1 unspecified atom stereocenters. The number of hydrogen-bond donors (Lipinski definition) is 1. The minimum atomic E-state index is -0.0794. The minimum Gasteiger partial charge on any atom is -0.497 e. The summed E-state index contributed by atoms with van der Waals surface area (Å²) in [4.78, 5) is 13.9. The van der Waals surface area contributed by atoms with Crippen molar-refractivity contribution in [3.63, 3.8) is 0 Å². The molecule has 1 aliphatic heterocycles. The third kappa shape index (κ3) is 2.82. The zero-order valence-electron chi connectivity index (χ0n) is 11.0. The highest BCUT2D eigenvalue weighted by Crippen LogP contribution is 2.24. The van der Waals surface area contributed by atoms with Gasteiger partial charge in [-0.3, -0.25) is 4.79 Å². The van der Waals surface area contributed by atoms with E-state index in [0.717, 1.165) is 18.7 Å². The lowest BCUT2D eigenvalue weighted by atomic mass is 9.99. The number of nitrogens with two attached hydrogens (primary N) is 1. The molecular formula is C14H20N2O2. The molecule has 0 aromatic heterocycles. The Labute approximate surface area is 108 Å². The first-order chi connectivity index (χ1) is 8.60. The Morgan fingerprint density at radius 3 is 2.94 bits per heavy atom. The summed E-state index contributed by atoms with van der Waals surface area (Å²) in [6.07, 6.45) is 1.32. The predicted octanol–water partition coefficient (Wildman–Crippen LogP) is 1.32. The molecule has 4 nitrogen and oxygen atoms in total. The summed E-state index contributed by atoms with van der Waals surface area (Å²) in [5, 5.41) is 0. The van der Waals surface area contributed by atoms with Gasteiger partial charge in [0.1, 0.15) is 5.75 Å². The van der Waals surface area contributed by atoms with E-state index in [1.165, 1.54) is 11.1 Å². The number of methoxy groups -OCH3 is 1. The van der Waals surface area contributed by atoms with Crippen LogP contribution in [-0.2, 0) is 17.8 Å². The minimum absolute atomic E-state index is 0.0794. The number of carbonyl (C=O) groups is 1. The Balaban J connectivity index is 2.11. The second-order valence-electron chi connectivity index (χ2n) is 4.88. The van der Waals surface area contributed by atoms with E-state index in [2.05, 4.69) is 6.07 Å². The van der Waals surface area contributed by atoms with Crippen LogP contribution in [0.2, 0.25) is 0 Å². The molecule has 0 saturated carbocycles. The third-order valence-electron chi connectivity index (χ3n) is 3.27. The molecule has 0 radical (unpaired) electrons. The fraction of sp³-hybridized carbons (Fsp3) is 0.500. The van der Waals surface area contributed by atoms with Gasteiger partial charge in [-0.15, -0.1) is 0 Å². The van der Waals surface area contributed by atoms with Crippen molar-refractivity contribution in [2.24, 2.45) is 5.73 Å². The van der Waals surface area contributed by atoms with E-state index in [-0.39, 0.29) is 11.9 Å². The van der Waals surface area contributed by atoms with Crippen molar-refractivity contribution in [2.75, 3.05) is 13.7 Å². The summed E-state index contributed by atoms with van der Waals surface area (Å²) in [7, 11) is 1.66. The normalized spacial score (nSPS) is 16.1. The molecule has 2 N–H and O–H groups in total. The second kappa shape index (κ2) is 5.40. The van der Waals surface area contributed by atoms with Gasteiger partial charge in [0.15, 0.2) is 0 Å². The van der Waals surface area contributed by atoms with Crippen molar-refractivity contribution in [3.8, 4) is 5.75 Å². The lowest BCUT2D eigenvalue weighted by molar-refractivity contribution is -0.132. The molecular weight excluding hydrogens is 228 g/mol. The molecule has 1 aromatic rings. The van der Waals surface area contributed by atoms with Crippen molar-refractivity contribution >= 4 is 5.91 Å². The van der Waals surface area contributed by atoms with E-state index < -0.39 is 0 Å². The molecule has 0 fully saturated rings. The number of carbonyl (C=O) groups excluding carboxylic acids is 1. The van der Waals surface area contributed by atoms with E-state index in [1.54, 1.807) is 7.11 Å². The topological polar surface area (TPSA) is 55.6 Å². The number of rotatable bonds is 3. The average Bonchev–Trinajstić information content (AvgIpc) is 2.36. The number of hydrogen-bond acceptors (Lipinski definition) is 3. The molecule has 2 rings (SSSR count). The van der Waals surface area contributed by atoms with Gasteiger partial charge < -0.3 is 15.4 Å². The van der Waals surface area contributed by atoms with Gasteiger partial charge in [0, 0.05) is 25.6 Å². The molecule has 1 amide bonds. The standard InChI is InChI=1S/C14H20N2O2/c1-10(15)7-14(17)16-6-5-11-3-4-13(18-2)8-12(11)9-16/h3-4,8,10H,5-7,9,15H2,1-2H3. The van der Waals surface area contributed by atoms with Crippen LogP contribution in [0.1, 0.15) is 24.5 Å². The number of nitrogens with zero attached hydrogens (tertiary/aromatic N) is 1. The maximum absolute atomic E-state index is 12.0. The van der Waals surface area contributed by atoms with Crippen molar-refractivity contribution in [3.05, 3.63) is 29.3 Å². The van der Waals surface area contributed by atoms with Crippen LogP contribution in [0, 0.1) is 0 Å². The monoisotopic (exact) mass is 248 g/mol. The van der Waals surface area contributed by atoms with Crippen LogP contribution in [-0.4, -0.2) is 30.5 Å². The molecule has 1 aliphatic rings. The largest absolute Gasteiger partial charge is 0.497 e. The Hall–Kier alpha value is -1.55. The average molecular weight is 248 g/mol. The zero-order valence-corrected chi connectivity index (χ0v) is 11.0. The van der Waals surface area contributed by atoms with Crippen LogP contribution in [0.25, 0.3) is 0 Å². The van der Waals surface area contributed by atoms with Crippen LogP contribution in [0.4, 0.5) is 0 Å². The molecule has 0 saturated heterocycles. The number of benzene rings is 1. The SMILES string of the molecule is COc1ccc2c(c1)CN(C(=O)CC(C)N)CC2. The highest BCUT2D eigenvalue weighted by atomic mass is 16.5. The Morgan fingerprint density at radius 1 is 1.50 bits per heavy atom. The molecule has 0 spiro atoms. The fourth-order valence-corrected chi connectivity index (χ4v) is 2.28. The van der Waals surface area contributed by atoms with Crippen LogP contribution in [0.15, 0.2) is 18.2 Å². The molecule has 18 heavy (non-hydrogen) atoms. The van der Waals surface area contributed by atoms with Crippen molar-refractivity contribution in [2.45, 2.75) is 32.4 Å². The van der Waals surface area contributed by atoms with Crippen LogP contribution in [0.3, 0.4) is 0 Å². The summed E-state index contributed by atoms with van der Waals surface area (Å²) in [6, 6.07) is 5.99. The Kier molecular flexibility index (Phi) is 3.87. The van der Waals surface area contributed by atoms with Gasteiger partial charge in [0.05, 0.1) is 7.11 Å². The third-order valence-corrected chi connectivity index (χ3v) is 3.27. The van der Waals surface area contributed by atoms with Gasteiger partial charge in [-0.25, -0.2) is 0 Å². The first-order valence-corrected chi connectivity index (χ1v) is 6.29. The van der Waals surface area contributed by atoms with Gasteiger partial charge in [0.25, 0.3) is 0 Å².